The molecule has 0 atom stereocenters. The first kappa shape index (κ1) is 19.8. The predicted octanol–water partition coefficient (Wildman–Crippen LogP) is 3.15. The first-order chi connectivity index (χ1) is 11.9. The average Bonchev–Trinajstić information content (AvgIpc) is 2.62. The van der Waals surface area contributed by atoms with Crippen LogP contribution in [0.15, 0.2) is 29.2 Å². The van der Waals surface area contributed by atoms with Crippen molar-refractivity contribution in [3.63, 3.8) is 0 Å². The Bertz CT molecular complexity index is 656. The van der Waals surface area contributed by atoms with Crippen LogP contribution in [-0.2, 0) is 14.6 Å². The number of carbonyl (C=O) groups excluding carboxylic acids is 1. The highest BCUT2D eigenvalue weighted by atomic mass is 32.2. The Morgan fingerprint density at radius 1 is 1.16 bits per heavy atom. The minimum atomic E-state index is -4.64. The van der Waals surface area contributed by atoms with Gasteiger partial charge in [0.15, 0.2) is 0 Å². The summed E-state index contributed by atoms with van der Waals surface area (Å²) in [7, 11) is -4.64. The summed E-state index contributed by atoms with van der Waals surface area (Å²) < 4.78 is 53.3. The summed E-state index contributed by atoms with van der Waals surface area (Å²) in [4.78, 5) is 11.5. The molecular formula is C17H23F2NO4S. The van der Waals surface area contributed by atoms with Crippen molar-refractivity contribution in [2.45, 2.75) is 55.3 Å². The van der Waals surface area contributed by atoms with Crippen LogP contribution in [0.3, 0.4) is 0 Å². The number of rotatable bonds is 8. The minimum Gasteiger partial charge on any atom is -0.378 e. The zero-order valence-electron chi connectivity index (χ0n) is 13.9. The molecule has 0 aliphatic heterocycles. The fraction of sp³-hybridized carbons (Fsp3) is 0.588. The van der Waals surface area contributed by atoms with E-state index >= 15 is 0 Å². The van der Waals surface area contributed by atoms with Crippen LogP contribution in [-0.4, -0.2) is 39.3 Å². The molecule has 1 saturated carbocycles. The van der Waals surface area contributed by atoms with Crippen LogP contribution in [0.5, 0.6) is 0 Å². The molecule has 0 bridgehead atoms. The smallest absolute Gasteiger partial charge is 0.341 e. The van der Waals surface area contributed by atoms with Gasteiger partial charge in [0.05, 0.1) is 11.0 Å². The van der Waals surface area contributed by atoms with Crippen molar-refractivity contribution >= 4 is 15.7 Å². The molecule has 0 radical (unpaired) electrons. The van der Waals surface area contributed by atoms with Crippen LogP contribution in [0, 0.1) is 0 Å². The molecule has 1 amide bonds. The van der Waals surface area contributed by atoms with Crippen molar-refractivity contribution in [1.29, 1.82) is 0 Å². The Hall–Kier alpha value is -1.54. The van der Waals surface area contributed by atoms with Gasteiger partial charge in [-0.15, -0.1) is 0 Å². The zero-order chi connectivity index (χ0) is 18.3. The molecule has 1 N–H and O–H groups in total. The quantitative estimate of drug-likeness (QED) is 0.709. The Morgan fingerprint density at radius 2 is 1.80 bits per heavy atom. The van der Waals surface area contributed by atoms with Crippen LogP contribution >= 0.6 is 0 Å². The van der Waals surface area contributed by atoms with Crippen LogP contribution in [0.4, 0.5) is 8.78 Å². The number of hydrogen-bond acceptors (Lipinski definition) is 4. The van der Waals surface area contributed by atoms with E-state index in [1.54, 1.807) is 0 Å². The van der Waals surface area contributed by atoms with Crippen LogP contribution in [0.1, 0.15) is 48.9 Å². The largest absolute Gasteiger partial charge is 0.378 e. The van der Waals surface area contributed by atoms with Gasteiger partial charge < -0.3 is 10.1 Å². The molecule has 0 saturated heterocycles. The van der Waals surface area contributed by atoms with E-state index in [9.17, 15) is 22.0 Å². The summed E-state index contributed by atoms with van der Waals surface area (Å²) in [5, 5.41) is 2.70. The van der Waals surface area contributed by atoms with Crippen molar-refractivity contribution in [3.05, 3.63) is 29.8 Å². The molecule has 0 heterocycles. The molecule has 140 valence electrons. The molecule has 0 unspecified atom stereocenters. The lowest BCUT2D eigenvalue weighted by molar-refractivity contribution is 0.0273. The molecule has 1 aromatic rings. The van der Waals surface area contributed by atoms with Gasteiger partial charge in [-0.25, -0.2) is 8.42 Å². The van der Waals surface area contributed by atoms with Gasteiger partial charge in [0.1, 0.15) is 0 Å². The fourth-order valence-electron chi connectivity index (χ4n) is 2.76. The van der Waals surface area contributed by atoms with E-state index in [0.717, 1.165) is 25.0 Å². The second kappa shape index (κ2) is 9.24. The van der Waals surface area contributed by atoms with Gasteiger partial charge in [-0.05, 0) is 43.5 Å². The van der Waals surface area contributed by atoms with Crippen molar-refractivity contribution in [2.24, 2.45) is 0 Å². The lowest BCUT2D eigenvalue weighted by Crippen LogP contribution is -2.26. The highest BCUT2D eigenvalue weighted by molar-refractivity contribution is 7.91. The number of hydrogen-bond donors (Lipinski definition) is 1. The predicted molar refractivity (Wildman–Crippen MR) is 89.4 cm³/mol. The van der Waals surface area contributed by atoms with Crippen molar-refractivity contribution in [2.75, 3.05) is 13.2 Å². The van der Waals surface area contributed by atoms with E-state index < -0.39 is 20.5 Å². The third-order valence-corrected chi connectivity index (χ3v) is 5.59. The minimum absolute atomic E-state index is 0.224. The van der Waals surface area contributed by atoms with Crippen LogP contribution in [0.2, 0.25) is 0 Å². The van der Waals surface area contributed by atoms with E-state index in [1.807, 2.05) is 0 Å². The highest BCUT2D eigenvalue weighted by Crippen LogP contribution is 2.20. The number of amides is 1. The number of nitrogens with one attached hydrogen (secondary N) is 1. The molecule has 1 aliphatic rings. The van der Waals surface area contributed by atoms with Gasteiger partial charge >= 0.3 is 5.76 Å². The Kier molecular flexibility index (Phi) is 7.31. The molecule has 8 heteroatoms. The van der Waals surface area contributed by atoms with E-state index in [4.69, 9.17) is 4.74 Å². The van der Waals surface area contributed by atoms with Crippen LogP contribution in [0.25, 0.3) is 0 Å². The lowest BCUT2D eigenvalue weighted by Gasteiger charge is -2.21. The number of halogens is 2. The molecule has 1 aliphatic carbocycles. The van der Waals surface area contributed by atoms with Gasteiger partial charge in [-0.1, -0.05) is 19.3 Å². The van der Waals surface area contributed by atoms with E-state index in [2.05, 4.69) is 5.32 Å². The third-order valence-electron chi connectivity index (χ3n) is 4.19. The monoisotopic (exact) mass is 375 g/mol. The standard InChI is InChI=1S/C17H23F2NO4S/c18-17(19)25(22,23)15-9-7-13(8-10-15)16(21)20-11-4-12-24-14-5-2-1-3-6-14/h7-10,14,17H,1-6,11-12H2,(H,20,21). The first-order valence-corrected chi connectivity index (χ1v) is 9.98. The molecule has 5 nitrogen and oxygen atoms in total. The van der Waals surface area contributed by atoms with E-state index in [-0.39, 0.29) is 11.5 Å². The zero-order valence-corrected chi connectivity index (χ0v) is 14.7. The fourth-order valence-corrected chi connectivity index (χ4v) is 3.48. The molecule has 1 aromatic carbocycles. The van der Waals surface area contributed by atoms with Crippen molar-refractivity contribution < 1.29 is 26.7 Å². The Labute approximate surface area is 146 Å². The van der Waals surface area contributed by atoms with Crippen molar-refractivity contribution in [3.8, 4) is 0 Å². The van der Waals surface area contributed by atoms with Gasteiger partial charge in [-0.3, -0.25) is 4.79 Å². The van der Waals surface area contributed by atoms with Gasteiger partial charge in [0.2, 0.25) is 9.84 Å². The number of carbonyl (C=O) groups is 1. The summed E-state index contributed by atoms with van der Waals surface area (Å²) in [6, 6.07) is 4.48. The number of ether oxygens (including phenoxy) is 1. The second-order valence-corrected chi connectivity index (χ2v) is 7.99. The highest BCUT2D eigenvalue weighted by Gasteiger charge is 2.26. The van der Waals surface area contributed by atoms with Gasteiger partial charge in [-0.2, -0.15) is 8.78 Å². The van der Waals surface area contributed by atoms with Crippen molar-refractivity contribution in [1.82, 2.24) is 5.32 Å². The maximum absolute atomic E-state index is 12.5. The maximum Gasteiger partial charge on any atom is 0.341 e. The summed E-state index contributed by atoms with van der Waals surface area (Å²) in [5.41, 5.74) is 0.224. The Balaban J connectivity index is 1.73. The molecule has 0 spiro atoms. The molecule has 2 rings (SSSR count). The maximum atomic E-state index is 12.5. The summed E-state index contributed by atoms with van der Waals surface area (Å²) in [5.74, 6) is -3.85. The third kappa shape index (κ3) is 5.74. The molecule has 1 fully saturated rings. The second-order valence-electron chi connectivity index (χ2n) is 6.07. The normalized spacial score (nSPS) is 16.1. The first-order valence-electron chi connectivity index (χ1n) is 8.43. The number of benzene rings is 1. The number of sulfone groups is 1. The molecule has 0 aromatic heterocycles. The lowest BCUT2D eigenvalue weighted by atomic mass is 9.98. The summed E-state index contributed by atoms with van der Waals surface area (Å²) >= 11 is 0. The summed E-state index contributed by atoms with van der Waals surface area (Å²) in [6.07, 6.45) is 6.89. The van der Waals surface area contributed by atoms with Crippen LogP contribution < -0.4 is 5.32 Å². The SMILES string of the molecule is O=C(NCCCOC1CCCCC1)c1ccc(S(=O)(=O)C(F)F)cc1. The van der Waals surface area contributed by atoms with E-state index in [0.29, 0.717) is 25.7 Å². The summed E-state index contributed by atoms with van der Waals surface area (Å²) in [6.45, 7) is 1.01. The molecular weight excluding hydrogens is 352 g/mol. The van der Waals surface area contributed by atoms with Gasteiger partial charge in [0, 0.05) is 18.7 Å². The number of alkyl halides is 2. The molecule has 25 heavy (non-hydrogen) atoms. The topological polar surface area (TPSA) is 72.5 Å². The van der Waals surface area contributed by atoms with Gasteiger partial charge in [0.25, 0.3) is 5.91 Å². The Morgan fingerprint density at radius 3 is 2.40 bits per heavy atom. The average molecular weight is 375 g/mol. The van der Waals surface area contributed by atoms with E-state index in [1.165, 1.54) is 31.4 Å².